The van der Waals surface area contributed by atoms with E-state index in [1.165, 1.54) is 5.56 Å². The highest BCUT2D eigenvalue weighted by Gasteiger charge is 2.45. The zero-order valence-corrected chi connectivity index (χ0v) is 13.1. The molecule has 1 aromatic rings. The predicted octanol–water partition coefficient (Wildman–Crippen LogP) is 1.95. The zero-order valence-electron chi connectivity index (χ0n) is 13.1. The number of piperidine rings is 1. The number of nitrogens with zero attached hydrogens (tertiary/aromatic N) is 1. The number of carbonyl (C=O) groups excluding carboxylic acids is 1. The molecule has 4 nitrogen and oxygen atoms in total. The molecule has 1 heterocycles. The number of aliphatic hydroxyl groups excluding tert-OH is 1. The average molecular weight is 302 g/mol. The Hall–Kier alpha value is -1.39. The first kappa shape index (κ1) is 15.5. The number of carbonyl (C=O) groups is 1. The van der Waals surface area contributed by atoms with Crippen LogP contribution >= 0.6 is 0 Å². The van der Waals surface area contributed by atoms with Crippen LogP contribution in [0.15, 0.2) is 24.3 Å². The maximum atomic E-state index is 12.7. The summed E-state index contributed by atoms with van der Waals surface area (Å²) < 4.78 is 0. The number of hydrogen-bond donors (Lipinski definition) is 2. The smallest absolute Gasteiger partial charge is 0.253 e. The Morgan fingerprint density at radius 1 is 1.27 bits per heavy atom. The largest absolute Gasteiger partial charge is 0.392 e. The molecule has 3 N–H and O–H groups in total. The third kappa shape index (κ3) is 2.90. The molecule has 2 unspecified atom stereocenters. The second-order valence-electron chi connectivity index (χ2n) is 6.84. The Labute approximate surface area is 132 Å². The summed E-state index contributed by atoms with van der Waals surface area (Å²) in [6.07, 6.45) is 5.66. The van der Waals surface area contributed by atoms with Crippen LogP contribution in [0.2, 0.25) is 0 Å². The van der Waals surface area contributed by atoms with E-state index in [9.17, 15) is 9.90 Å². The number of benzene rings is 1. The first-order valence-electron chi connectivity index (χ1n) is 8.41. The molecule has 0 bridgehead atoms. The number of rotatable bonds is 3. The van der Waals surface area contributed by atoms with Crippen molar-refractivity contribution in [2.24, 2.45) is 11.1 Å². The van der Waals surface area contributed by atoms with E-state index in [1.54, 1.807) is 0 Å². The van der Waals surface area contributed by atoms with Crippen LogP contribution in [0.3, 0.4) is 0 Å². The molecule has 1 aliphatic carbocycles. The van der Waals surface area contributed by atoms with Crippen LogP contribution in [0, 0.1) is 5.41 Å². The summed E-state index contributed by atoms with van der Waals surface area (Å²) in [4.78, 5) is 14.7. The minimum Gasteiger partial charge on any atom is -0.392 e. The first-order chi connectivity index (χ1) is 10.6. The fourth-order valence-corrected chi connectivity index (χ4v) is 4.09. The summed E-state index contributed by atoms with van der Waals surface area (Å²) in [5.41, 5.74) is 7.42. The number of nitrogens with two attached hydrogens (primary N) is 1. The lowest BCUT2D eigenvalue weighted by atomic mass is 9.76. The van der Waals surface area contributed by atoms with Crippen molar-refractivity contribution in [1.29, 1.82) is 0 Å². The average Bonchev–Trinajstić information content (AvgIpc) is 2.88. The van der Waals surface area contributed by atoms with E-state index >= 15 is 0 Å². The van der Waals surface area contributed by atoms with Crippen LogP contribution in [0.5, 0.6) is 0 Å². The van der Waals surface area contributed by atoms with Crippen LogP contribution in [0.4, 0.5) is 0 Å². The molecule has 0 radical (unpaired) electrons. The van der Waals surface area contributed by atoms with Gasteiger partial charge in [0.15, 0.2) is 0 Å². The second kappa shape index (κ2) is 6.39. The van der Waals surface area contributed by atoms with Crippen molar-refractivity contribution in [2.45, 2.75) is 44.6 Å². The molecule has 1 saturated carbocycles. The molecule has 1 spiro atoms. The topological polar surface area (TPSA) is 66.6 Å². The summed E-state index contributed by atoms with van der Waals surface area (Å²) in [5, 5.41) is 10.3. The van der Waals surface area contributed by atoms with Crippen LogP contribution < -0.4 is 5.73 Å². The van der Waals surface area contributed by atoms with Crippen LogP contribution in [0.1, 0.15) is 48.0 Å². The van der Waals surface area contributed by atoms with E-state index in [4.69, 9.17) is 5.73 Å². The normalized spacial score (nSPS) is 28.3. The number of likely N-dealkylation sites (tertiary alicyclic amines) is 1. The highest BCUT2D eigenvalue weighted by atomic mass is 16.3. The molecular weight excluding hydrogens is 276 g/mol. The molecule has 2 fully saturated rings. The Balaban J connectivity index is 1.71. The van der Waals surface area contributed by atoms with Gasteiger partial charge >= 0.3 is 0 Å². The van der Waals surface area contributed by atoms with Crippen LogP contribution in [-0.2, 0) is 6.42 Å². The molecule has 3 rings (SSSR count). The van der Waals surface area contributed by atoms with E-state index in [0.717, 1.165) is 50.6 Å². The minimum atomic E-state index is -0.241. The monoisotopic (exact) mass is 302 g/mol. The molecule has 1 aromatic carbocycles. The van der Waals surface area contributed by atoms with E-state index in [-0.39, 0.29) is 17.4 Å². The van der Waals surface area contributed by atoms with Gasteiger partial charge < -0.3 is 15.7 Å². The van der Waals surface area contributed by atoms with Gasteiger partial charge in [-0.1, -0.05) is 18.6 Å². The van der Waals surface area contributed by atoms with Crippen LogP contribution in [-0.4, -0.2) is 41.7 Å². The summed E-state index contributed by atoms with van der Waals surface area (Å²) in [5.74, 6) is 0.0949. The lowest BCUT2D eigenvalue weighted by Gasteiger charge is -2.42. The highest BCUT2D eigenvalue weighted by Crippen LogP contribution is 2.45. The Morgan fingerprint density at radius 3 is 2.64 bits per heavy atom. The molecule has 120 valence electrons. The van der Waals surface area contributed by atoms with Crippen molar-refractivity contribution in [3.8, 4) is 0 Å². The lowest BCUT2D eigenvalue weighted by molar-refractivity contribution is -0.00535. The van der Waals surface area contributed by atoms with Gasteiger partial charge in [-0.15, -0.1) is 0 Å². The fraction of sp³-hybridized carbons (Fsp3) is 0.611. The van der Waals surface area contributed by atoms with Gasteiger partial charge in [-0.3, -0.25) is 4.79 Å². The van der Waals surface area contributed by atoms with Gasteiger partial charge in [-0.2, -0.15) is 0 Å². The number of amides is 1. The van der Waals surface area contributed by atoms with Gasteiger partial charge in [0, 0.05) is 24.1 Å². The van der Waals surface area contributed by atoms with E-state index in [0.29, 0.717) is 13.1 Å². The summed E-state index contributed by atoms with van der Waals surface area (Å²) in [7, 11) is 0. The number of aliphatic hydroxyl groups is 1. The van der Waals surface area contributed by atoms with Crippen molar-refractivity contribution in [1.82, 2.24) is 4.90 Å². The third-order valence-electron chi connectivity index (χ3n) is 5.39. The van der Waals surface area contributed by atoms with Gasteiger partial charge in [0.25, 0.3) is 5.91 Å². The van der Waals surface area contributed by atoms with Crippen LogP contribution in [0.25, 0.3) is 0 Å². The highest BCUT2D eigenvalue weighted by molar-refractivity contribution is 5.94. The zero-order chi connectivity index (χ0) is 15.6. The van der Waals surface area contributed by atoms with Crippen molar-refractivity contribution < 1.29 is 9.90 Å². The predicted molar refractivity (Wildman–Crippen MR) is 86.6 cm³/mol. The quantitative estimate of drug-likeness (QED) is 0.897. The molecule has 1 aliphatic heterocycles. The van der Waals surface area contributed by atoms with Crippen molar-refractivity contribution in [2.75, 3.05) is 19.6 Å². The van der Waals surface area contributed by atoms with Gasteiger partial charge in [0.05, 0.1) is 6.10 Å². The summed E-state index contributed by atoms with van der Waals surface area (Å²) in [6, 6.07) is 7.79. The van der Waals surface area contributed by atoms with Gasteiger partial charge in [-0.25, -0.2) is 0 Å². The van der Waals surface area contributed by atoms with E-state index in [1.807, 2.05) is 29.2 Å². The Bertz CT molecular complexity index is 528. The Kier molecular flexibility index (Phi) is 4.50. The number of hydrogen-bond acceptors (Lipinski definition) is 3. The third-order valence-corrected chi connectivity index (χ3v) is 5.39. The van der Waals surface area contributed by atoms with E-state index in [2.05, 4.69) is 0 Å². The van der Waals surface area contributed by atoms with Gasteiger partial charge in [0.2, 0.25) is 0 Å². The molecule has 0 aromatic heterocycles. The molecular formula is C18H26N2O2. The van der Waals surface area contributed by atoms with Gasteiger partial charge in [-0.05, 0) is 56.3 Å². The van der Waals surface area contributed by atoms with Crippen molar-refractivity contribution >= 4 is 5.91 Å². The minimum absolute atomic E-state index is 0.0482. The fourth-order valence-electron chi connectivity index (χ4n) is 4.09. The summed E-state index contributed by atoms with van der Waals surface area (Å²) >= 11 is 0. The standard InChI is InChI=1S/C18H26N2O2/c19-11-8-14-4-6-15(7-5-14)17(22)20-12-2-10-18(13-20)9-1-3-16(18)21/h4-7,16,21H,1-3,8-13,19H2. The van der Waals surface area contributed by atoms with E-state index < -0.39 is 0 Å². The molecule has 1 saturated heterocycles. The first-order valence-corrected chi connectivity index (χ1v) is 8.41. The lowest BCUT2D eigenvalue weighted by Crippen LogP contribution is -2.49. The Morgan fingerprint density at radius 2 is 2.00 bits per heavy atom. The molecule has 22 heavy (non-hydrogen) atoms. The molecule has 1 amide bonds. The maximum Gasteiger partial charge on any atom is 0.253 e. The van der Waals surface area contributed by atoms with Crippen molar-refractivity contribution in [3.05, 3.63) is 35.4 Å². The maximum absolute atomic E-state index is 12.7. The second-order valence-corrected chi connectivity index (χ2v) is 6.84. The van der Waals surface area contributed by atoms with Gasteiger partial charge in [0.1, 0.15) is 0 Å². The summed E-state index contributed by atoms with van der Waals surface area (Å²) in [6.45, 7) is 2.13. The molecule has 2 aliphatic rings. The molecule has 2 atom stereocenters. The molecule has 4 heteroatoms. The SMILES string of the molecule is NCCc1ccc(C(=O)N2CCCC3(CCCC3O)C2)cc1. The van der Waals surface area contributed by atoms with Crippen molar-refractivity contribution in [3.63, 3.8) is 0 Å².